The molecule has 2 atom stereocenters. The minimum atomic E-state index is 0.137. The molecule has 168 valence electrons. The second-order valence-electron chi connectivity index (χ2n) is 8.46. The number of benzene rings is 2. The third-order valence-corrected chi connectivity index (χ3v) is 6.01. The number of guanidine groups is 1. The second-order valence-corrected chi connectivity index (χ2v) is 8.46. The largest absolute Gasteiger partial charge is 0.373 e. The number of imidazole rings is 1. The van der Waals surface area contributed by atoms with Crippen LogP contribution in [0.15, 0.2) is 72.2 Å². The summed E-state index contributed by atoms with van der Waals surface area (Å²) in [5, 5.41) is 6.95. The number of aliphatic imine (C=N–C) groups is 1. The molecule has 0 amide bonds. The van der Waals surface area contributed by atoms with E-state index in [1.54, 1.807) is 6.20 Å². The molecule has 0 saturated carbocycles. The fourth-order valence-corrected chi connectivity index (χ4v) is 4.16. The average Bonchev–Trinajstić information content (AvgIpc) is 3.34. The van der Waals surface area contributed by atoms with Gasteiger partial charge in [0, 0.05) is 51.6 Å². The summed E-state index contributed by atoms with van der Waals surface area (Å²) in [5.41, 5.74) is 5.02. The first kappa shape index (κ1) is 22.1. The number of rotatable bonds is 7. The maximum Gasteiger partial charge on any atom is 0.191 e. The lowest BCUT2D eigenvalue weighted by Crippen LogP contribution is -2.41. The lowest BCUT2D eigenvalue weighted by Gasteiger charge is -2.32. The Morgan fingerprint density at radius 2 is 1.88 bits per heavy atom. The Hall–Kier alpha value is -3.12. The lowest BCUT2D eigenvalue weighted by molar-refractivity contribution is -0.0265. The van der Waals surface area contributed by atoms with E-state index in [1.807, 2.05) is 19.6 Å². The first-order valence-corrected chi connectivity index (χ1v) is 11.4. The number of ether oxygens (including phenoxy) is 1. The standard InChI is InChI=1S/C26H33N5O/c1-20-5-11-23(12-6-20)25-24(4-3-15-32-25)17-30-26(27-2)29-16-21-7-9-22(10-8-21)18-31-14-13-28-19-31/h5-14,19,24-25H,3-4,15-18H2,1-2H3,(H2,27,29,30). The Balaban J connectivity index is 1.28. The van der Waals surface area contributed by atoms with Gasteiger partial charge in [-0.05, 0) is 36.5 Å². The minimum Gasteiger partial charge on any atom is -0.373 e. The van der Waals surface area contributed by atoms with Crippen molar-refractivity contribution in [2.45, 2.75) is 39.0 Å². The number of hydrogen-bond acceptors (Lipinski definition) is 3. The Labute approximate surface area is 190 Å². The maximum atomic E-state index is 6.15. The van der Waals surface area contributed by atoms with E-state index in [0.717, 1.165) is 45.0 Å². The van der Waals surface area contributed by atoms with Gasteiger partial charge in [-0.3, -0.25) is 4.99 Å². The van der Waals surface area contributed by atoms with Gasteiger partial charge in [0.15, 0.2) is 5.96 Å². The molecule has 0 spiro atoms. The number of nitrogens with one attached hydrogen (secondary N) is 2. The van der Waals surface area contributed by atoms with Gasteiger partial charge in [0.25, 0.3) is 0 Å². The molecule has 1 aliphatic heterocycles. The normalized spacial score (nSPS) is 19.0. The molecule has 2 unspecified atom stereocenters. The highest BCUT2D eigenvalue weighted by Gasteiger charge is 2.27. The summed E-state index contributed by atoms with van der Waals surface area (Å²) in [6.07, 6.45) is 8.02. The summed E-state index contributed by atoms with van der Waals surface area (Å²) in [6, 6.07) is 17.4. The predicted octanol–water partition coefficient (Wildman–Crippen LogP) is 4.07. The highest BCUT2D eigenvalue weighted by atomic mass is 16.5. The maximum absolute atomic E-state index is 6.15. The molecule has 32 heavy (non-hydrogen) atoms. The van der Waals surface area contributed by atoms with Crippen molar-refractivity contribution in [1.82, 2.24) is 20.2 Å². The molecule has 0 radical (unpaired) electrons. The van der Waals surface area contributed by atoms with Crippen molar-refractivity contribution in [2.75, 3.05) is 20.2 Å². The molecular weight excluding hydrogens is 398 g/mol. The van der Waals surface area contributed by atoms with Gasteiger partial charge in [-0.25, -0.2) is 4.98 Å². The van der Waals surface area contributed by atoms with Crippen LogP contribution >= 0.6 is 0 Å². The summed E-state index contributed by atoms with van der Waals surface area (Å²) in [7, 11) is 1.82. The topological polar surface area (TPSA) is 63.5 Å². The minimum absolute atomic E-state index is 0.137. The molecule has 1 saturated heterocycles. The monoisotopic (exact) mass is 431 g/mol. The molecular formula is C26H33N5O. The molecule has 0 aliphatic carbocycles. The van der Waals surface area contributed by atoms with E-state index in [2.05, 4.69) is 80.6 Å². The summed E-state index contributed by atoms with van der Waals surface area (Å²) < 4.78 is 8.22. The third-order valence-electron chi connectivity index (χ3n) is 6.01. The molecule has 3 aromatic rings. The van der Waals surface area contributed by atoms with Gasteiger partial charge in [-0.15, -0.1) is 0 Å². The molecule has 1 aliphatic rings. The van der Waals surface area contributed by atoms with Crippen LogP contribution in [0.3, 0.4) is 0 Å². The van der Waals surface area contributed by atoms with E-state index < -0.39 is 0 Å². The van der Waals surface area contributed by atoms with E-state index in [-0.39, 0.29) is 6.10 Å². The fourth-order valence-electron chi connectivity index (χ4n) is 4.16. The van der Waals surface area contributed by atoms with Crippen molar-refractivity contribution < 1.29 is 4.74 Å². The SMILES string of the molecule is CN=C(NCc1ccc(Cn2ccnc2)cc1)NCC1CCCOC1c1ccc(C)cc1. The van der Waals surface area contributed by atoms with E-state index in [4.69, 9.17) is 4.74 Å². The van der Waals surface area contributed by atoms with E-state index in [0.29, 0.717) is 5.92 Å². The van der Waals surface area contributed by atoms with Crippen molar-refractivity contribution in [2.24, 2.45) is 10.9 Å². The van der Waals surface area contributed by atoms with Crippen LogP contribution in [0.2, 0.25) is 0 Å². The quantitative estimate of drug-likeness (QED) is 0.437. The van der Waals surface area contributed by atoms with Crippen LogP contribution in [-0.2, 0) is 17.8 Å². The van der Waals surface area contributed by atoms with Crippen LogP contribution < -0.4 is 10.6 Å². The Morgan fingerprint density at radius 1 is 1.09 bits per heavy atom. The first-order valence-electron chi connectivity index (χ1n) is 11.4. The van der Waals surface area contributed by atoms with Crippen molar-refractivity contribution in [3.05, 3.63) is 89.5 Å². The molecule has 2 N–H and O–H groups in total. The van der Waals surface area contributed by atoms with Crippen LogP contribution in [0.5, 0.6) is 0 Å². The van der Waals surface area contributed by atoms with Crippen LogP contribution in [0.4, 0.5) is 0 Å². The van der Waals surface area contributed by atoms with Gasteiger partial charge in [-0.1, -0.05) is 54.1 Å². The molecule has 1 fully saturated rings. The molecule has 2 aromatic carbocycles. The van der Waals surface area contributed by atoms with Gasteiger partial charge < -0.3 is 19.9 Å². The van der Waals surface area contributed by atoms with Crippen LogP contribution in [0.1, 0.15) is 41.2 Å². The van der Waals surface area contributed by atoms with Crippen LogP contribution in [-0.4, -0.2) is 35.7 Å². The van der Waals surface area contributed by atoms with Gasteiger partial charge in [0.05, 0.1) is 12.4 Å². The number of hydrogen-bond donors (Lipinski definition) is 2. The second kappa shape index (κ2) is 11.0. The zero-order valence-corrected chi connectivity index (χ0v) is 19.0. The molecule has 2 heterocycles. The molecule has 6 heteroatoms. The zero-order chi connectivity index (χ0) is 22.2. The number of aromatic nitrogens is 2. The highest BCUT2D eigenvalue weighted by Crippen LogP contribution is 2.33. The Bertz CT molecular complexity index is 980. The lowest BCUT2D eigenvalue weighted by atomic mass is 9.89. The smallest absolute Gasteiger partial charge is 0.191 e. The summed E-state index contributed by atoms with van der Waals surface area (Å²) in [4.78, 5) is 8.50. The van der Waals surface area contributed by atoms with Crippen LogP contribution in [0.25, 0.3) is 0 Å². The van der Waals surface area contributed by atoms with E-state index in [1.165, 1.54) is 22.3 Å². The third kappa shape index (κ3) is 5.98. The average molecular weight is 432 g/mol. The van der Waals surface area contributed by atoms with Gasteiger partial charge in [0.2, 0.25) is 0 Å². The van der Waals surface area contributed by atoms with E-state index >= 15 is 0 Å². The van der Waals surface area contributed by atoms with Crippen molar-refractivity contribution >= 4 is 5.96 Å². The van der Waals surface area contributed by atoms with Crippen molar-refractivity contribution in [3.8, 4) is 0 Å². The fraction of sp³-hybridized carbons (Fsp3) is 0.385. The summed E-state index contributed by atoms with van der Waals surface area (Å²) >= 11 is 0. The number of nitrogens with zero attached hydrogens (tertiary/aromatic N) is 3. The van der Waals surface area contributed by atoms with Crippen LogP contribution in [0, 0.1) is 12.8 Å². The molecule has 6 nitrogen and oxygen atoms in total. The number of aryl methyl sites for hydroxylation is 1. The first-order chi connectivity index (χ1) is 15.7. The van der Waals surface area contributed by atoms with Gasteiger partial charge in [-0.2, -0.15) is 0 Å². The van der Waals surface area contributed by atoms with Crippen molar-refractivity contribution in [1.29, 1.82) is 0 Å². The highest BCUT2D eigenvalue weighted by molar-refractivity contribution is 5.79. The predicted molar refractivity (Wildman–Crippen MR) is 129 cm³/mol. The van der Waals surface area contributed by atoms with Gasteiger partial charge in [0.1, 0.15) is 0 Å². The van der Waals surface area contributed by atoms with E-state index in [9.17, 15) is 0 Å². The molecule has 4 rings (SSSR count). The zero-order valence-electron chi connectivity index (χ0n) is 19.0. The summed E-state index contributed by atoms with van der Waals surface area (Å²) in [6.45, 7) is 5.35. The summed E-state index contributed by atoms with van der Waals surface area (Å²) in [5.74, 6) is 1.24. The molecule has 0 bridgehead atoms. The molecule has 1 aromatic heterocycles. The Kier molecular flexibility index (Phi) is 7.56. The van der Waals surface area contributed by atoms with Crippen molar-refractivity contribution in [3.63, 3.8) is 0 Å². The Morgan fingerprint density at radius 3 is 2.59 bits per heavy atom. The van der Waals surface area contributed by atoms with Gasteiger partial charge >= 0.3 is 0 Å².